The van der Waals surface area contributed by atoms with Crippen molar-refractivity contribution < 1.29 is 4.79 Å². The van der Waals surface area contributed by atoms with Gasteiger partial charge in [-0.3, -0.25) is 39.3 Å². The fourth-order valence-corrected chi connectivity index (χ4v) is 18.0. The van der Waals surface area contributed by atoms with Crippen LogP contribution in [0.2, 0.25) is 0 Å². The Labute approximate surface area is 541 Å². The minimum Gasteiger partial charge on any atom is -0.369 e. The Morgan fingerprint density at radius 1 is 0.462 bits per heavy atom. The van der Waals surface area contributed by atoms with Gasteiger partial charge in [0.2, 0.25) is 5.91 Å². The second-order valence-corrected chi connectivity index (χ2v) is 29.0. The molecular weight excluding hydrogens is 1130 g/mol. The van der Waals surface area contributed by atoms with Gasteiger partial charge in [-0.25, -0.2) is 0 Å². The third kappa shape index (κ3) is 12.4. The molecule has 9 aliphatic rings. The van der Waals surface area contributed by atoms with Crippen LogP contribution in [0.5, 0.6) is 0 Å². The Hall–Kier alpha value is -6.18. The first-order valence-corrected chi connectivity index (χ1v) is 34.9. The van der Waals surface area contributed by atoms with Crippen LogP contribution in [0.1, 0.15) is 147 Å². The molecule has 6 aliphatic heterocycles. The highest BCUT2D eigenvalue weighted by atomic mass is 16.2. The number of piperazine rings is 3. The van der Waals surface area contributed by atoms with E-state index in [1.54, 1.807) is 5.56 Å². The van der Waals surface area contributed by atoms with E-state index in [-0.39, 0.29) is 30.0 Å². The number of hydrogen-bond donors (Lipinski definition) is 3. The average molecular weight is 1230 g/mol. The van der Waals surface area contributed by atoms with Crippen LogP contribution in [0.3, 0.4) is 0 Å². The van der Waals surface area contributed by atoms with Crippen molar-refractivity contribution in [1.29, 1.82) is 0 Å². The molecular formula is C75H99N15O. The van der Waals surface area contributed by atoms with Gasteiger partial charge in [-0.15, -0.1) is 0 Å². The number of anilines is 3. The molecule has 91 heavy (non-hydrogen) atoms. The van der Waals surface area contributed by atoms with Crippen LogP contribution in [0.25, 0.3) is 0 Å². The maximum absolute atomic E-state index is 13.3. The van der Waals surface area contributed by atoms with Gasteiger partial charge in [-0.1, -0.05) is 42.5 Å². The molecule has 3 fully saturated rings. The number of hydrogen-bond acceptors (Lipinski definition) is 15. The maximum atomic E-state index is 13.3. The molecule has 3 N–H and O–H groups in total. The summed E-state index contributed by atoms with van der Waals surface area (Å²) in [6, 6.07) is 32.3. The lowest BCUT2D eigenvalue weighted by Gasteiger charge is -2.42. The molecule has 0 spiro atoms. The highest BCUT2D eigenvalue weighted by Gasteiger charge is 2.39. The van der Waals surface area contributed by atoms with Crippen LogP contribution < -0.4 is 30.7 Å². The zero-order chi connectivity index (χ0) is 61.9. The first-order valence-electron chi connectivity index (χ1n) is 34.9. The summed E-state index contributed by atoms with van der Waals surface area (Å²) in [4.78, 5) is 51.2. The number of carbonyl (C=O) groups is 1. The number of aromatic nitrogens is 3. The Morgan fingerprint density at radius 2 is 0.912 bits per heavy atom. The van der Waals surface area contributed by atoms with Crippen molar-refractivity contribution in [1.82, 2.24) is 60.3 Å². The van der Waals surface area contributed by atoms with E-state index in [0.717, 1.165) is 162 Å². The first kappa shape index (κ1) is 61.0. The SMILES string of the molecule is CN1CCN(c2cc(C3CC[C@H](N(C)C[C@@H]4Cc5c(cc(C6CC[C@H](N(C)C[C@H]7Cc8c(cccc8N8CCN(C)CC8=O)CN7)c7ncccc76)cc5N5CCN(C)CC5)CN4)c4ncccc43)cc3c2C[C@H](CN(C)[C@H]2CCCc4cccnc42)NC3)CC1. The molecule has 16 heteroatoms. The van der Waals surface area contributed by atoms with E-state index < -0.39 is 0 Å². The lowest BCUT2D eigenvalue weighted by atomic mass is 9.76. The molecule has 9 heterocycles. The van der Waals surface area contributed by atoms with Gasteiger partial charge < -0.3 is 40.4 Å². The maximum Gasteiger partial charge on any atom is 0.241 e. The average Bonchev–Trinajstić information content (AvgIpc) is 0.831. The van der Waals surface area contributed by atoms with E-state index in [1.165, 1.54) is 96.9 Å². The number of fused-ring (bicyclic) bond motifs is 6. The summed E-state index contributed by atoms with van der Waals surface area (Å²) < 4.78 is 0. The van der Waals surface area contributed by atoms with Gasteiger partial charge >= 0.3 is 0 Å². The third-order valence-electron chi connectivity index (χ3n) is 23.1. The van der Waals surface area contributed by atoms with E-state index in [2.05, 4.69) is 169 Å². The molecule has 3 aromatic carbocycles. The van der Waals surface area contributed by atoms with Gasteiger partial charge in [0.05, 0.1) is 41.8 Å². The summed E-state index contributed by atoms with van der Waals surface area (Å²) >= 11 is 0. The van der Waals surface area contributed by atoms with Crippen LogP contribution in [-0.2, 0) is 50.1 Å². The molecule has 1 amide bonds. The summed E-state index contributed by atoms with van der Waals surface area (Å²) in [6.45, 7) is 16.2. The van der Waals surface area contributed by atoms with Gasteiger partial charge in [0, 0.05) is 170 Å². The Balaban J connectivity index is 0.644. The monoisotopic (exact) mass is 1230 g/mol. The second kappa shape index (κ2) is 26.3. The van der Waals surface area contributed by atoms with Gasteiger partial charge in [0.1, 0.15) is 0 Å². The third-order valence-corrected chi connectivity index (χ3v) is 23.1. The van der Waals surface area contributed by atoms with Crippen molar-refractivity contribution in [2.45, 2.75) is 132 Å². The standard InChI is InChI=1S/C75H99N15O/c1-82-26-31-88(32-27-82)70-38-52(36-54-44-80-57(41-64(54)70)46-85(4)67-18-7-12-50-14-9-23-76-73(50)67)60-20-22-69(75-62(60)16-11-25-78-75)87(6)48-58-42-65-55(45-81-58)37-53(39-71(65)89-33-28-83(2)29-34-89)59-19-21-68(74-61(59)15-10-24-77-74)86(5)47-56-40-63-51(43-79-56)13-8-17-66(63)90-35-30-84(3)49-72(90)91/h8-11,13-17,23-25,36-39,56-60,67-69,79-81H,7,12,18-22,26-35,40-49H2,1-6H3/t56-,57-,58+,59?,60?,67+,68+,69+/m1/s1. The van der Waals surface area contributed by atoms with Crippen LogP contribution >= 0.6 is 0 Å². The Morgan fingerprint density at radius 3 is 1.43 bits per heavy atom. The van der Waals surface area contributed by atoms with Gasteiger partial charge in [-0.2, -0.15) is 0 Å². The van der Waals surface area contributed by atoms with E-state index in [9.17, 15) is 4.79 Å². The first-order chi connectivity index (χ1) is 44.4. The van der Waals surface area contributed by atoms with Crippen LogP contribution in [0.15, 0.2) is 97.5 Å². The number of likely N-dealkylation sites (N-methyl/N-ethyl adjacent to an activating group) is 6. The van der Waals surface area contributed by atoms with Crippen molar-refractivity contribution in [3.05, 3.63) is 176 Å². The number of amides is 1. The van der Waals surface area contributed by atoms with Crippen molar-refractivity contribution in [2.75, 3.05) is 149 Å². The lowest BCUT2D eigenvalue weighted by Crippen LogP contribution is -2.50. The molecule has 0 radical (unpaired) electrons. The normalized spacial score (nSPS) is 26.5. The number of pyridine rings is 3. The molecule has 0 bridgehead atoms. The fourth-order valence-electron chi connectivity index (χ4n) is 18.0. The summed E-state index contributed by atoms with van der Waals surface area (Å²) in [7, 11) is 13.6. The lowest BCUT2D eigenvalue weighted by molar-refractivity contribution is -0.120. The van der Waals surface area contributed by atoms with E-state index in [1.807, 2.05) is 30.5 Å². The van der Waals surface area contributed by atoms with E-state index in [0.29, 0.717) is 30.6 Å². The number of aryl methyl sites for hydroxylation is 1. The molecule has 6 aromatic rings. The van der Waals surface area contributed by atoms with Gasteiger partial charge in [0.25, 0.3) is 0 Å². The Bertz CT molecular complexity index is 3600. The second-order valence-electron chi connectivity index (χ2n) is 29.0. The van der Waals surface area contributed by atoms with Crippen molar-refractivity contribution in [3.63, 3.8) is 0 Å². The predicted octanol–water partition coefficient (Wildman–Crippen LogP) is 7.90. The zero-order valence-corrected chi connectivity index (χ0v) is 55.2. The number of nitrogens with one attached hydrogen (secondary N) is 3. The van der Waals surface area contributed by atoms with E-state index in [4.69, 9.17) is 15.0 Å². The van der Waals surface area contributed by atoms with Crippen LogP contribution in [0, 0.1) is 0 Å². The van der Waals surface area contributed by atoms with Crippen LogP contribution in [0.4, 0.5) is 17.1 Å². The topological polar surface area (TPSA) is 121 Å². The summed E-state index contributed by atoms with van der Waals surface area (Å²) in [6.07, 6.45) is 16.9. The van der Waals surface area contributed by atoms with Crippen molar-refractivity contribution >= 4 is 23.0 Å². The van der Waals surface area contributed by atoms with Gasteiger partial charge in [-0.05, 0) is 204 Å². The predicted molar refractivity (Wildman–Crippen MR) is 366 cm³/mol. The quantitative estimate of drug-likeness (QED) is 0.0980. The molecule has 0 saturated carbocycles. The molecule has 2 unspecified atom stereocenters. The fraction of sp³-hybridized carbons (Fsp3) is 0.547. The molecule has 3 saturated heterocycles. The van der Waals surface area contributed by atoms with Crippen LogP contribution in [-0.4, -0.2) is 202 Å². The number of rotatable bonds is 14. The largest absolute Gasteiger partial charge is 0.369 e. The molecule has 16 nitrogen and oxygen atoms in total. The zero-order valence-electron chi connectivity index (χ0n) is 55.2. The van der Waals surface area contributed by atoms with Crippen molar-refractivity contribution in [3.8, 4) is 0 Å². The summed E-state index contributed by atoms with van der Waals surface area (Å²) in [5.74, 6) is 0.785. The minimum absolute atomic E-state index is 0.197. The summed E-state index contributed by atoms with van der Waals surface area (Å²) in [5.41, 5.74) is 23.6. The molecule has 8 atom stereocenters. The van der Waals surface area contributed by atoms with Gasteiger partial charge in [0.15, 0.2) is 0 Å². The van der Waals surface area contributed by atoms with Crippen molar-refractivity contribution in [2.24, 2.45) is 0 Å². The molecule has 3 aliphatic carbocycles. The van der Waals surface area contributed by atoms with E-state index >= 15 is 0 Å². The summed E-state index contributed by atoms with van der Waals surface area (Å²) in [5, 5.41) is 12.1. The number of carbonyl (C=O) groups excluding carboxylic acids is 1. The number of nitrogens with zero attached hydrogens (tertiary/aromatic N) is 12. The minimum atomic E-state index is 0.197. The smallest absolute Gasteiger partial charge is 0.241 e. The molecule has 480 valence electrons. The highest BCUT2D eigenvalue weighted by molar-refractivity contribution is 5.96. The number of benzene rings is 3. The molecule has 15 rings (SSSR count). The highest BCUT2D eigenvalue weighted by Crippen LogP contribution is 2.48. The molecule has 3 aromatic heterocycles. The Kier molecular flexibility index (Phi) is 17.6.